The van der Waals surface area contributed by atoms with E-state index in [1.165, 1.54) is 0 Å². The number of ether oxygens (including phenoxy) is 1. The van der Waals surface area contributed by atoms with Gasteiger partial charge in [-0.1, -0.05) is 24.3 Å². The summed E-state index contributed by atoms with van der Waals surface area (Å²) in [6, 6.07) is 17.0. The van der Waals surface area contributed by atoms with Crippen LogP contribution < -0.4 is 15.0 Å². The minimum atomic E-state index is -0.461. The topological polar surface area (TPSA) is 65.4 Å². The Bertz CT molecular complexity index is 831. The molecule has 0 aliphatic heterocycles. The molecule has 27 heavy (non-hydrogen) atoms. The van der Waals surface area contributed by atoms with Crippen LogP contribution in [-0.2, 0) is 4.79 Å². The molecule has 0 aliphatic carbocycles. The lowest BCUT2D eigenvalue weighted by molar-refractivity contribution is -0.112. The average molecular weight is 363 g/mol. The highest BCUT2D eigenvalue weighted by Crippen LogP contribution is 2.24. The van der Waals surface area contributed by atoms with E-state index < -0.39 is 5.91 Å². The Morgan fingerprint density at radius 1 is 1.11 bits per heavy atom. The predicted octanol–water partition coefficient (Wildman–Crippen LogP) is 4.48. The van der Waals surface area contributed by atoms with Gasteiger partial charge in [0.2, 0.25) is 0 Å². The highest BCUT2D eigenvalue weighted by atomic mass is 16.5. The molecule has 2 aromatic rings. The Morgan fingerprint density at radius 2 is 1.78 bits per heavy atom. The van der Waals surface area contributed by atoms with Crippen molar-refractivity contribution in [2.45, 2.75) is 20.8 Å². The highest BCUT2D eigenvalue weighted by molar-refractivity contribution is 6.10. The maximum Gasteiger partial charge on any atom is 0.266 e. The van der Waals surface area contributed by atoms with Crippen LogP contribution in [0.25, 0.3) is 6.08 Å². The van der Waals surface area contributed by atoms with Crippen molar-refractivity contribution in [2.24, 2.45) is 0 Å². The summed E-state index contributed by atoms with van der Waals surface area (Å²) >= 11 is 0. The van der Waals surface area contributed by atoms with Gasteiger partial charge in [-0.25, -0.2) is 0 Å². The number of hydrogen-bond donors (Lipinski definition) is 1. The average Bonchev–Trinajstić information content (AvgIpc) is 2.69. The zero-order chi connectivity index (χ0) is 19.6. The van der Waals surface area contributed by atoms with E-state index in [0.29, 0.717) is 18.0 Å². The maximum atomic E-state index is 12.5. The minimum absolute atomic E-state index is 0.0388. The number of nitriles is 1. The summed E-state index contributed by atoms with van der Waals surface area (Å²) in [5.41, 5.74) is 2.50. The lowest BCUT2D eigenvalue weighted by atomic mass is 10.1. The first-order valence-corrected chi connectivity index (χ1v) is 9.12. The number of benzene rings is 2. The van der Waals surface area contributed by atoms with Gasteiger partial charge in [0, 0.05) is 18.8 Å². The van der Waals surface area contributed by atoms with Crippen molar-refractivity contribution in [3.05, 3.63) is 59.7 Å². The molecule has 0 heterocycles. The van der Waals surface area contributed by atoms with Gasteiger partial charge in [-0.2, -0.15) is 5.26 Å². The molecular formula is C22H25N3O2. The molecule has 0 atom stereocenters. The third kappa shape index (κ3) is 5.35. The second-order valence-electron chi connectivity index (χ2n) is 5.82. The van der Waals surface area contributed by atoms with E-state index >= 15 is 0 Å². The summed E-state index contributed by atoms with van der Waals surface area (Å²) in [6.07, 6.45) is 1.59. The van der Waals surface area contributed by atoms with E-state index in [4.69, 9.17) is 4.74 Å². The molecule has 140 valence electrons. The Labute approximate surface area is 160 Å². The quantitative estimate of drug-likeness (QED) is 0.555. The van der Waals surface area contributed by atoms with Crippen LogP contribution >= 0.6 is 0 Å². The Hall–Kier alpha value is -3.26. The van der Waals surface area contributed by atoms with Gasteiger partial charge in [-0.15, -0.1) is 0 Å². The summed E-state index contributed by atoms with van der Waals surface area (Å²) in [5, 5.41) is 12.2. The van der Waals surface area contributed by atoms with Crippen LogP contribution in [0, 0.1) is 11.3 Å². The van der Waals surface area contributed by atoms with Crippen molar-refractivity contribution in [1.82, 2.24) is 0 Å². The summed E-state index contributed by atoms with van der Waals surface area (Å²) in [7, 11) is 0. The fourth-order valence-corrected chi connectivity index (χ4v) is 2.73. The normalized spacial score (nSPS) is 10.8. The molecule has 1 amide bonds. The zero-order valence-corrected chi connectivity index (χ0v) is 16.0. The monoisotopic (exact) mass is 363 g/mol. The van der Waals surface area contributed by atoms with E-state index in [1.807, 2.05) is 43.3 Å². The van der Waals surface area contributed by atoms with Crippen LogP contribution in [0.4, 0.5) is 11.4 Å². The van der Waals surface area contributed by atoms with E-state index in [2.05, 4.69) is 24.1 Å². The van der Waals surface area contributed by atoms with E-state index in [-0.39, 0.29) is 5.57 Å². The lowest BCUT2D eigenvalue weighted by Crippen LogP contribution is -2.21. The smallest absolute Gasteiger partial charge is 0.266 e. The van der Waals surface area contributed by atoms with Gasteiger partial charge in [0.25, 0.3) is 5.91 Å². The van der Waals surface area contributed by atoms with Gasteiger partial charge in [0.05, 0.1) is 12.3 Å². The summed E-state index contributed by atoms with van der Waals surface area (Å²) in [5.74, 6) is 0.117. The fraction of sp³-hybridized carbons (Fsp3) is 0.273. The van der Waals surface area contributed by atoms with Gasteiger partial charge in [-0.3, -0.25) is 4.79 Å². The molecule has 2 aromatic carbocycles. The number of carbonyl (C=O) groups excluding carboxylic acids is 1. The van der Waals surface area contributed by atoms with E-state index in [0.717, 1.165) is 24.3 Å². The number of anilines is 2. The first kappa shape index (κ1) is 20.1. The van der Waals surface area contributed by atoms with Gasteiger partial charge in [0.1, 0.15) is 17.4 Å². The second-order valence-corrected chi connectivity index (χ2v) is 5.82. The van der Waals surface area contributed by atoms with Gasteiger partial charge in [0.15, 0.2) is 0 Å². The molecule has 0 radical (unpaired) electrons. The van der Waals surface area contributed by atoms with Crippen molar-refractivity contribution >= 4 is 23.4 Å². The standard InChI is InChI=1S/C22H25N3O2/c1-4-25(5-2)19-13-11-17(12-14-19)15-18(16-23)22(26)24-20-9-7-8-10-21(20)27-6-3/h7-15H,4-6H2,1-3H3,(H,24,26)/b18-15+. The fourth-order valence-electron chi connectivity index (χ4n) is 2.73. The van der Waals surface area contributed by atoms with Crippen LogP contribution in [0.15, 0.2) is 54.1 Å². The van der Waals surface area contributed by atoms with Crippen molar-refractivity contribution in [2.75, 3.05) is 29.9 Å². The van der Waals surface area contributed by atoms with Crippen molar-refractivity contribution < 1.29 is 9.53 Å². The van der Waals surface area contributed by atoms with Crippen LogP contribution in [-0.4, -0.2) is 25.6 Å². The zero-order valence-electron chi connectivity index (χ0n) is 16.0. The Kier molecular flexibility index (Phi) is 7.45. The Balaban J connectivity index is 2.18. The Morgan fingerprint density at radius 3 is 2.37 bits per heavy atom. The number of nitrogens with zero attached hydrogens (tertiary/aromatic N) is 2. The molecule has 5 heteroatoms. The molecule has 0 fully saturated rings. The molecule has 2 rings (SSSR count). The molecule has 0 saturated carbocycles. The highest BCUT2D eigenvalue weighted by Gasteiger charge is 2.12. The van der Waals surface area contributed by atoms with Gasteiger partial charge in [-0.05, 0) is 56.7 Å². The van der Waals surface area contributed by atoms with Crippen LogP contribution in [0.2, 0.25) is 0 Å². The summed E-state index contributed by atoms with van der Waals surface area (Å²) < 4.78 is 5.50. The van der Waals surface area contributed by atoms with Crippen LogP contribution in [0.3, 0.4) is 0 Å². The molecule has 1 N–H and O–H groups in total. The molecule has 0 spiro atoms. The number of carbonyl (C=O) groups is 1. The molecule has 0 unspecified atom stereocenters. The third-order valence-corrected chi connectivity index (χ3v) is 4.13. The molecule has 0 aromatic heterocycles. The number of amides is 1. The van der Waals surface area contributed by atoms with Crippen molar-refractivity contribution in [3.8, 4) is 11.8 Å². The molecular weight excluding hydrogens is 338 g/mol. The van der Waals surface area contributed by atoms with Crippen LogP contribution in [0.5, 0.6) is 5.75 Å². The minimum Gasteiger partial charge on any atom is -0.492 e. The van der Waals surface area contributed by atoms with Crippen LogP contribution in [0.1, 0.15) is 26.3 Å². The molecule has 0 saturated heterocycles. The van der Waals surface area contributed by atoms with E-state index in [9.17, 15) is 10.1 Å². The second kappa shape index (κ2) is 10.0. The molecule has 0 aliphatic rings. The number of hydrogen-bond acceptors (Lipinski definition) is 4. The van der Waals surface area contributed by atoms with E-state index in [1.54, 1.807) is 24.3 Å². The summed E-state index contributed by atoms with van der Waals surface area (Å²) in [6.45, 7) is 8.44. The number of para-hydroxylation sites is 2. The predicted molar refractivity (Wildman–Crippen MR) is 110 cm³/mol. The molecule has 0 bridgehead atoms. The maximum absolute atomic E-state index is 12.5. The lowest BCUT2D eigenvalue weighted by Gasteiger charge is -2.20. The SMILES string of the molecule is CCOc1ccccc1NC(=O)/C(C#N)=C/c1ccc(N(CC)CC)cc1. The number of rotatable bonds is 8. The van der Waals surface area contributed by atoms with Gasteiger partial charge >= 0.3 is 0 Å². The first-order chi connectivity index (χ1) is 13.1. The number of nitrogens with one attached hydrogen (secondary N) is 1. The summed E-state index contributed by atoms with van der Waals surface area (Å²) in [4.78, 5) is 14.7. The van der Waals surface area contributed by atoms with Gasteiger partial charge < -0.3 is 15.0 Å². The van der Waals surface area contributed by atoms with Crippen molar-refractivity contribution in [3.63, 3.8) is 0 Å². The first-order valence-electron chi connectivity index (χ1n) is 9.12. The largest absolute Gasteiger partial charge is 0.492 e. The van der Waals surface area contributed by atoms with Crippen molar-refractivity contribution in [1.29, 1.82) is 5.26 Å². The third-order valence-electron chi connectivity index (χ3n) is 4.13. The molecule has 5 nitrogen and oxygen atoms in total.